The summed E-state index contributed by atoms with van der Waals surface area (Å²) in [5.41, 5.74) is 7.66. The molecule has 6 rings (SSSR count). The minimum Gasteiger partial charge on any atom is -0.378 e. The van der Waals surface area contributed by atoms with E-state index in [-0.39, 0.29) is 5.91 Å². The highest BCUT2D eigenvalue weighted by Gasteiger charge is 2.39. The van der Waals surface area contributed by atoms with Crippen molar-refractivity contribution in [1.29, 1.82) is 0 Å². The predicted molar refractivity (Wildman–Crippen MR) is 182 cm³/mol. The molecule has 230 valence electrons. The number of hydrogen-bond acceptors (Lipinski definition) is 7. The monoisotopic (exact) mass is 629 g/mol. The van der Waals surface area contributed by atoms with Gasteiger partial charge in [-0.15, -0.1) is 11.3 Å². The zero-order chi connectivity index (χ0) is 31.1. The molecule has 1 aromatic heterocycles. The molecule has 2 aromatic carbocycles. The molecule has 0 saturated carbocycles. The molecule has 0 aliphatic carbocycles. The van der Waals surface area contributed by atoms with Crippen LogP contribution in [0.3, 0.4) is 0 Å². The van der Waals surface area contributed by atoms with Gasteiger partial charge in [0.1, 0.15) is 5.01 Å². The van der Waals surface area contributed by atoms with E-state index in [0.29, 0.717) is 52.0 Å². The molecule has 3 aliphatic rings. The molecule has 3 atom stereocenters. The lowest BCUT2D eigenvalue weighted by molar-refractivity contribution is -0.128. The van der Waals surface area contributed by atoms with Crippen LogP contribution in [-0.4, -0.2) is 66.4 Å². The molecule has 3 unspecified atom stereocenters. The molecule has 2 saturated heterocycles. The van der Waals surface area contributed by atoms with Gasteiger partial charge in [-0.2, -0.15) is 0 Å². The molecular weight excluding hydrogens is 590 g/mol. The van der Waals surface area contributed by atoms with Crippen LogP contribution in [0, 0.1) is 0 Å². The smallest absolute Gasteiger partial charge is 0.256 e. The third kappa shape index (κ3) is 5.96. The van der Waals surface area contributed by atoms with Crippen molar-refractivity contribution in [2.45, 2.75) is 58.3 Å². The predicted octanol–water partition coefficient (Wildman–Crippen LogP) is 6.50. The summed E-state index contributed by atoms with van der Waals surface area (Å²) in [6.07, 6.45) is 5.81. The number of benzene rings is 2. The molecule has 2 N–H and O–H groups in total. The summed E-state index contributed by atoms with van der Waals surface area (Å²) >= 11 is 7.61. The minimum atomic E-state index is -1.05. The second-order valence-corrected chi connectivity index (χ2v) is 13.6. The second kappa shape index (κ2) is 12.5. The van der Waals surface area contributed by atoms with Crippen molar-refractivity contribution in [1.82, 2.24) is 15.2 Å². The second-order valence-electron chi connectivity index (χ2n) is 12.3. The molecule has 0 radical (unpaired) electrons. The van der Waals surface area contributed by atoms with E-state index in [2.05, 4.69) is 35.3 Å². The number of halogens is 1. The van der Waals surface area contributed by atoms with Gasteiger partial charge in [-0.25, -0.2) is 4.98 Å². The van der Waals surface area contributed by atoms with Crippen LogP contribution in [0.4, 0.5) is 11.4 Å². The SMILES string of the molecule is CCc1ccc(N(C)C)cc1N1C(C=C(C)C)=C(C(=O)N2CC3CCC(C2)N3)C=C(c2nc(-c3ccc(Cl)cc3)cs2)C1O. The summed E-state index contributed by atoms with van der Waals surface area (Å²) in [6, 6.07) is 14.6. The van der Waals surface area contributed by atoms with Crippen molar-refractivity contribution in [2.24, 2.45) is 0 Å². The van der Waals surface area contributed by atoms with Gasteiger partial charge in [-0.05, 0) is 75.1 Å². The number of fused-ring (bicyclic) bond motifs is 2. The lowest BCUT2D eigenvalue weighted by Crippen LogP contribution is -2.54. The first-order chi connectivity index (χ1) is 21.1. The summed E-state index contributed by atoms with van der Waals surface area (Å²) in [4.78, 5) is 25.5. The van der Waals surface area contributed by atoms with Gasteiger partial charge in [-0.3, -0.25) is 4.79 Å². The maximum absolute atomic E-state index is 14.5. The number of carbonyl (C=O) groups is 1. The third-order valence-corrected chi connectivity index (χ3v) is 9.78. The van der Waals surface area contributed by atoms with Crippen molar-refractivity contribution >= 4 is 45.8 Å². The zero-order valence-electron chi connectivity index (χ0n) is 26.0. The van der Waals surface area contributed by atoms with Crippen molar-refractivity contribution in [3.63, 3.8) is 0 Å². The molecule has 1 amide bonds. The van der Waals surface area contributed by atoms with E-state index in [1.54, 1.807) is 0 Å². The summed E-state index contributed by atoms with van der Waals surface area (Å²) in [6.45, 7) is 7.54. The Labute approximate surface area is 269 Å². The van der Waals surface area contributed by atoms with Crippen LogP contribution >= 0.6 is 22.9 Å². The van der Waals surface area contributed by atoms with Crippen molar-refractivity contribution < 1.29 is 9.90 Å². The first-order valence-electron chi connectivity index (χ1n) is 15.3. The molecule has 7 nitrogen and oxygen atoms in total. The third-order valence-electron chi connectivity index (χ3n) is 8.63. The summed E-state index contributed by atoms with van der Waals surface area (Å²) in [5, 5.41) is 19.3. The Kier molecular flexibility index (Phi) is 8.70. The summed E-state index contributed by atoms with van der Waals surface area (Å²) < 4.78 is 0. The highest BCUT2D eigenvalue weighted by atomic mass is 35.5. The van der Waals surface area contributed by atoms with Crippen LogP contribution in [-0.2, 0) is 11.2 Å². The lowest BCUT2D eigenvalue weighted by atomic mass is 9.96. The van der Waals surface area contributed by atoms with Gasteiger partial charge >= 0.3 is 0 Å². The van der Waals surface area contributed by atoms with Crippen LogP contribution in [0.15, 0.2) is 76.8 Å². The van der Waals surface area contributed by atoms with E-state index in [1.807, 2.05) is 79.5 Å². The van der Waals surface area contributed by atoms with Crippen LogP contribution in [0.2, 0.25) is 5.02 Å². The Bertz CT molecular complexity index is 1640. The quantitative estimate of drug-likeness (QED) is 0.311. The number of thiazole rings is 1. The molecule has 44 heavy (non-hydrogen) atoms. The number of aliphatic hydroxyl groups is 1. The molecule has 3 aliphatic heterocycles. The van der Waals surface area contributed by atoms with Crippen LogP contribution in [0.25, 0.3) is 16.8 Å². The first-order valence-corrected chi connectivity index (χ1v) is 16.5. The van der Waals surface area contributed by atoms with Crippen LogP contribution in [0.5, 0.6) is 0 Å². The van der Waals surface area contributed by atoms with Gasteiger partial charge in [0.2, 0.25) is 0 Å². The Hall–Kier alpha value is -3.43. The standard InChI is InChI=1S/C35H40ClN5O2S/c1-6-22-9-14-27(39(4)5)16-31(22)41-32(15-21(2)3)28(34(42)40-18-25-12-13-26(19-40)37-25)17-29(35(41)43)33-38-30(20-44-33)23-7-10-24(36)11-8-23/h7-11,14-17,20,25-26,35,37,43H,6,12-13,18-19H2,1-5H3. The van der Waals surface area contributed by atoms with E-state index < -0.39 is 6.23 Å². The maximum Gasteiger partial charge on any atom is 0.256 e. The van der Waals surface area contributed by atoms with Gasteiger partial charge in [0.15, 0.2) is 6.23 Å². The number of nitrogens with one attached hydrogen (secondary N) is 1. The normalized spacial score (nSPS) is 21.4. The molecule has 2 fully saturated rings. The molecule has 2 bridgehead atoms. The Balaban J connectivity index is 1.53. The first kappa shape index (κ1) is 30.6. The van der Waals surface area contributed by atoms with Crippen molar-refractivity contribution in [3.8, 4) is 11.3 Å². The van der Waals surface area contributed by atoms with E-state index in [0.717, 1.165) is 53.0 Å². The number of carbonyl (C=O) groups excluding carboxylic acids is 1. The highest BCUT2D eigenvalue weighted by Crippen LogP contribution is 2.41. The van der Waals surface area contributed by atoms with Crippen molar-refractivity contribution in [3.05, 3.63) is 92.4 Å². The topological polar surface area (TPSA) is 71.9 Å². The van der Waals surface area contributed by atoms with Crippen LogP contribution in [0.1, 0.15) is 44.2 Å². The number of aryl methyl sites for hydroxylation is 1. The van der Waals surface area contributed by atoms with E-state index in [9.17, 15) is 9.90 Å². The average Bonchev–Trinajstić information content (AvgIpc) is 3.62. The fourth-order valence-electron chi connectivity index (χ4n) is 6.38. The van der Waals surface area contributed by atoms with E-state index >= 15 is 0 Å². The van der Waals surface area contributed by atoms with Gasteiger partial charge in [0.25, 0.3) is 5.91 Å². The molecule has 3 aromatic rings. The fourth-order valence-corrected chi connectivity index (χ4v) is 7.37. The minimum absolute atomic E-state index is 0.0124. The molecule has 0 spiro atoms. The molecule has 4 heterocycles. The van der Waals surface area contributed by atoms with Crippen molar-refractivity contribution in [2.75, 3.05) is 37.0 Å². The number of aliphatic hydroxyl groups excluding tert-OH is 1. The average molecular weight is 630 g/mol. The Morgan fingerprint density at radius 1 is 1.14 bits per heavy atom. The van der Waals surface area contributed by atoms with Gasteiger partial charge in [0.05, 0.1) is 17.0 Å². The number of amides is 1. The van der Waals surface area contributed by atoms with E-state index in [1.165, 1.54) is 11.3 Å². The number of likely N-dealkylation sites (tertiary alicyclic amines) is 1. The summed E-state index contributed by atoms with van der Waals surface area (Å²) in [5.74, 6) is -0.0124. The number of allylic oxidation sites excluding steroid dienone is 2. The van der Waals surface area contributed by atoms with Gasteiger partial charge < -0.3 is 25.1 Å². The van der Waals surface area contributed by atoms with Gasteiger partial charge in [0, 0.05) is 72.2 Å². The number of aromatic nitrogens is 1. The Morgan fingerprint density at radius 2 is 1.84 bits per heavy atom. The molecule has 9 heteroatoms. The number of nitrogens with zero attached hydrogens (tertiary/aromatic N) is 4. The van der Waals surface area contributed by atoms with E-state index in [4.69, 9.17) is 16.6 Å². The van der Waals surface area contributed by atoms with Gasteiger partial charge in [-0.1, -0.05) is 42.3 Å². The largest absolute Gasteiger partial charge is 0.378 e. The number of rotatable bonds is 7. The fraction of sp³-hybridized carbons (Fsp3) is 0.371. The number of piperazine rings is 1. The number of anilines is 2. The van der Waals surface area contributed by atoms with Crippen LogP contribution < -0.4 is 15.1 Å². The lowest BCUT2D eigenvalue weighted by Gasteiger charge is -2.40. The Morgan fingerprint density at radius 3 is 2.48 bits per heavy atom. The number of hydrogen-bond donors (Lipinski definition) is 2. The highest BCUT2D eigenvalue weighted by molar-refractivity contribution is 7.11. The zero-order valence-corrected chi connectivity index (χ0v) is 27.5. The maximum atomic E-state index is 14.5. The molecular formula is C35H40ClN5O2S. The summed E-state index contributed by atoms with van der Waals surface area (Å²) in [7, 11) is 4.02.